The summed E-state index contributed by atoms with van der Waals surface area (Å²) in [5, 5.41) is 1.13. The van der Waals surface area contributed by atoms with E-state index in [9.17, 15) is 9.59 Å². The van der Waals surface area contributed by atoms with Gasteiger partial charge in [0.15, 0.2) is 6.67 Å². The van der Waals surface area contributed by atoms with E-state index in [4.69, 9.17) is 4.42 Å². The first-order valence-electron chi connectivity index (χ1n) is 9.41. The summed E-state index contributed by atoms with van der Waals surface area (Å²) in [6.45, 7) is 3.22. The molecule has 0 radical (unpaired) electrons. The third-order valence-corrected chi connectivity index (χ3v) is 5.61. The van der Waals surface area contributed by atoms with Crippen LogP contribution in [0.1, 0.15) is 31.1 Å². The zero-order valence-electron chi connectivity index (χ0n) is 15.3. The minimum absolute atomic E-state index is 0.00327. The van der Waals surface area contributed by atoms with Gasteiger partial charge >= 0.3 is 0 Å². The van der Waals surface area contributed by atoms with E-state index < -0.39 is 0 Å². The Kier molecular flexibility index (Phi) is 4.41. The van der Waals surface area contributed by atoms with Crippen LogP contribution in [-0.2, 0) is 22.6 Å². The highest BCUT2D eigenvalue weighted by molar-refractivity contribution is 6.05. The Morgan fingerprint density at radius 3 is 2.42 bits per heavy atom. The van der Waals surface area contributed by atoms with Gasteiger partial charge in [0.2, 0.25) is 11.8 Å². The van der Waals surface area contributed by atoms with E-state index in [1.165, 1.54) is 10.5 Å². The van der Waals surface area contributed by atoms with Crippen molar-refractivity contribution in [2.45, 2.75) is 32.7 Å². The molecular weight excluding hydrogens is 328 g/mol. The number of hydrogen-bond donors (Lipinski definition) is 1. The lowest BCUT2D eigenvalue weighted by Crippen LogP contribution is -3.09. The molecule has 136 valence electrons. The number of furan rings is 1. The Labute approximate surface area is 153 Å². The van der Waals surface area contributed by atoms with E-state index >= 15 is 0 Å². The van der Waals surface area contributed by atoms with E-state index in [-0.39, 0.29) is 23.7 Å². The highest BCUT2D eigenvalue weighted by atomic mass is 16.3. The molecule has 1 unspecified atom stereocenters. The van der Waals surface area contributed by atoms with Crippen molar-refractivity contribution in [2.75, 3.05) is 13.7 Å². The van der Waals surface area contributed by atoms with Crippen LogP contribution in [0.4, 0.5) is 0 Å². The number of hydrogen-bond acceptors (Lipinski definition) is 3. The van der Waals surface area contributed by atoms with Crippen molar-refractivity contribution in [1.29, 1.82) is 0 Å². The third kappa shape index (κ3) is 2.76. The van der Waals surface area contributed by atoms with Crippen LogP contribution in [0.25, 0.3) is 11.0 Å². The molecule has 2 aliphatic rings. The lowest BCUT2D eigenvalue weighted by molar-refractivity contribution is -0.901. The van der Waals surface area contributed by atoms with E-state index in [1.807, 2.05) is 37.4 Å². The fourth-order valence-electron chi connectivity index (χ4n) is 4.28. The highest BCUT2D eigenvalue weighted by Gasteiger charge is 2.48. The van der Waals surface area contributed by atoms with Crippen LogP contribution in [0, 0.1) is 11.8 Å². The number of fused-ring (bicyclic) bond motifs is 2. The second-order valence-corrected chi connectivity index (χ2v) is 7.41. The molecule has 0 saturated carbocycles. The zero-order valence-corrected chi connectivity index (χ0v) is 15.3. The smallest absolute Gasteiger partial charge is 0.237 e. The van der Waals surface area contributed by atoms with E-state index in [0.717, 1.165) is 34.6 Å². The predicted molar refractivity (Wildman–Crippen MR) is 98.3 cm³/mol. The molecule has 5 nitrogen and oxygen atoms in total. The van der Waals surface area contributed by atoms with Gasteiger partial charge in [-0.15, -0.1) is 0 Å². The SMILES string of the molecule is CCc1oc2ccccc2c1C[NH+](C)CN1C(=O)[C@H]2CC=CC[C@@H]2C1=O. The number of imide groups is 1. The summed E-state index contributed by atoms with van der Waals surface area (Å²) in [6, 6.07) is 8.05. The van der Waals surface area contributed by atoms with Crippen LogP contribution in [0.5, 0.6) is 0 Å². The normalized spacial score (nSPS) is 23.7. The molecule has 26 heavy (non-hydrogen) atoms. The Balaban J connectivity index is 1.52. The molecule has 1 aliphatic heterocycles. The van der Waals surface area contributed by atoms with Gasteiger partial charge in [-0.3, -0.25) is 9.59 Å². The molecule has 1 N–H and O–H groups in total. The van der Waals surface area contributed by atoms with Crippen LogP contribution in [-0.4, -0.2) is 30.4 Å². The number of para-hydroxylation sites is 1. The molecule has 4 rings (SSSR count). The number of nitrogens with one attached hydrogen (secondary N) is 1. The highest BCUT2D eigenvalue weighted by Crippen LogP contribution is 2.34. The summed E-state index contributed by atoms with van der Waals surface area (Å²) in [5.74, 6) is 0.679. The monoisotopic (exact) mass is 353 g/mol. The Hall–Kier alpha value is -2.40. The van der Waals surface area contributed by atoms with Gasteiger partial charge in [-0.05, 0) is 18.9 Å². The molecule has 1 aromatic carbocycles. The van der Waals surface area contributed by atoms with Crippen molar-refractivity contribution in [2.24, 2.45) is 11.8 Å². The first-order chi connectivity index (χ1) is 12.6. The molecule has 2 heterocycles. The maximum Gasteiger partial charge on any atom is 0.237 e. The molecule has 3 atom stereocenters. The van der Waals surface area contributed by atoms with E-state index in [1.54, 1.807) is 0 Å². The second kappa shape index (κ2) is 6.72. The summed E-state index contributed by atoms with van der Waals surface area (Å²) in [6.07, 6.45) is 6.26. The number of nitrogens with zero attached hydrogens (tertiary/aromatic N) is 1. The summed E-state index contributed by atoms with van der Waals surface area (Å²) < 4.78 is 5.97. The van der Waals surface area contributed by atoms with Gasteiger partial charge in [0.05, 0.1) is 24.4 Å². The average molecular weight is 353 g/mol. The Morgan fingerprint density at radius 2 is 1.77 bits per heavy atom. The zero-order chi connectivity index (χ0) is 18.3. The lowest BCUT2D eigenvalue weighted by atomic mass is 9.85. The predicted octanol–water partition coefficient (Wildman–Crippen LogP) is 1.92. The minimum Gasteiger partial charge on any atom is -0.461 e. The number of carbonyl (C=O) groups excluding carboxylic acids is 2. The molecule has 0 spiro atoms. The maximum atomic E-state index is 12.7. The first kappa shape index (κ1) is 17.0. The summed E-state index contributed by atoms with van der Waals surface area (Å²) >= 11 is 0. The van der Waals surface area contributed by atoms with Crippen LogP contribution in [0.15, 0.2) is 40.8 Å². The van der Waals surface area contributed by atoms with Crippen LogP contribution < -0.4 is 4.90 Å². The fraction of sp³-hybridized carbons (Fsp3) is 0.429. The summed E-state index contributed by atoms with van der Waals surface area (Å²) in [5.41, 5.74) is 2.08. The number of quaternary nitrogens is 1. The van der Waals surface area contributed by atoms with Crippen molar-refractivity contribution >= 4 is 22.8 Å². The van der Waals surface area contributed by atoms with Gasteiger partial charge in [-0.2, -0.15) is 0 Å². The molecule has 0 bridgehead atoms. The van der Waals surface area contributed by atoms with E-state index in [0.29, 0.717) is 19.5 Å². The second-order valence-electron chi connectivity index (χ2n) is 7.41. The van der Waals surface area contributed by atoms with E-state index in [2.05, 4.69) is 13.0 Å². The summed E-state index contributed by atoms with van der Waals surface area (Å²) in [4.78, 5) is 27.9. The van der Waals surface area contributed by atoms with Crippen molar-refractivity contribution in [1.82, 2.24) is 4.90 Å². The van der Waals surface area contributed by atoms with Gasteiger partial charge in [0.1, 0.15) is 17.9 Å². The maximum absolute atomic E-state index is 12.7. The van der Waals surface area contributed by atoms with Crippen molar-refractivity contribution in [3.63, 3.8) is 0 Å². The number of rotatable bonds is 5. The molecule has 1 fully saturated rings. The molecule has 5 heteroatoms. The van der Waals surface area contributed by atoms with Gasteiger partial charge < -0.3 is 9.32 Å². The number of allylic oxidation sites excluding steroid dienone is 2. The van der Waals surface area contributed by atoms with Crippen molar-refractivity contribution < 1.29 is 18.9 Å². The van der Waals surface area contributed by atoms with Crippen molar-refractivity contribution in [3.05, 3.63) is 47.7 Å². The van der Waals surface area contributed by atoms with Gasteiger partial charge in [-0.25, -0.2) is 4.90 Å². The number of benzene rings is 1. The quantitative estimate of drug-likeness (QED) is 0.660. The largest absolute Gasteiger partial charge is 0.461 e. The Morgan fingerprint density at radius 1 is 1.12 bits per heavy atom. The summed E-state index contributed by atoms with van der Waals surface area (Å²) in [7, 11) is 2.03. The van der Waals surface area contributed by atoms with Gasteiger partial charge in [-0.1, -0.05) is 37.3 Å². The average Bonchev–Trinajstić information content (AvgIpc) is 3.13. The van der Waals surface area contributed by atoms with Crippen LogP contribution in [0.3, 0.4) is 0 Å². The first-order valence-corrected chi connectivity index (χ1v) is 9.41. The molecule has 1 aliphatic carbocycles. The van der Waals surface area contributed by atoms with Crippen LogP contribution in [0.2, 0.25) is 0 Å². The number of carbonyl (C=O) groups is 2. The molecule has 1 aromatic heterocycles. The standard InChI is InChI=1S/C21H24N2O3/c1-3-18-17(14-8-6-7-11-19(14)26-18)12-22(2)13-23-20(24)15-9-4-5-10-16(15)21(23)25/h4-8,11,15-16H,3,9-10,12-13H2,1-2H3/p+1/t15-,16-/m0/s1. The molecule has 1 saturated heterocycles. The fourth-order valence-corrected chi connectivity index (χ4v) is 4.28. The van der Waals surface area contributed by atoms with Crippen LogP contribution >= 0.6 is 0 Å². The third-order valence-electron chi connectivity index (χ3n) is 5.61. The molecular formula is C21H25N2O3+. The minimum atomic E-state index is -0.152. The molecule has 2 aromatic rings. The van der Waals surface area contributed by atoms with Gasteiger partial charge in [0, 0.05) is 11.8 Å². The topological polar surface area (TPSA) is 55.0 Å². The molecule has 2 amide bonds. The lowest BCUT2D eigenvalue weighted by Gasteiger charge is -2.20. The number of amides is 2. The van der Waals surface area contributed by atoms with Crippen molar-refractivity contribution in [3.8, 4) is 0 Å². The number of likely N-dealkylation sites (tertiary alicyclic amines) is 1. The Bertz CT molecular complexity index is 857. The number of aryl methyl sites for hydroxylation is 1. The van der Waals surface area contributed by atoms with Gasteiger partial charge in [0.25, 0.3) is 0 Å².